The lowest BCUT2D eigenvalue weighted by Crippen LogP contribution is -2.24. The monoisotopic (exact) mass is 299 g/mol. The number of hydrogen-bond donors (Lipinski definition) is 1. The zero-order valence-electron chi connectivity index (χ0n) is 12.5. The Labute approximate surface area is 129 Å². The lowest BCUT2D eigenvalue weighted by atomic mass is 10.2. The molecule has 0 saturated carbocycles. The zero-order chi connectivity index (χ0) is 14.7. The van der Waals surface area contributed by atoms with Gasteiger partial charge in [-0.1, -0.05) is 25.1 Å². The molecule has 21 heavy (non-hydrogen) atoms. The molecule has 1 aromatic carbocycles. The summed E-state index contributed by atoms with van der Waals surface area (Å²) < 4.78 is 2.30. The van der Waals surface area contributed by atoms with Gasteiger partial charge in [-0.15, -0.1) is 11.3 Å². The van der Waals surface area contributed by atoms with E-state index in [1.54, 1.807) is 0 Å². The van der Waals surface area contributed by atoms with Gasteiger partial charge in [-0.25, -0.2) is 4.98 Å². The van der Waals surface area contributed by atoms with Crippen LogP contribution in [-0.4, -0.2) is 16.1 Å². The Morgan fingerprint density at radius 1 is 1.24 bits per heavy atom. The Morgan fingerprint density at radius 3 is 2.86 bits per heavy atom. The largest absolute Gasteiger partial charge is 0.327 e. The number of nitrogens with zero attached hydrogens (tertiary/aromatic N) is 2. The smallest absolute Gasteiger partial charge is 0.106 e. The van der Waals surface area contributed by atoms with E-state index in [1.807, 2.05) is 17.4 Å². The molecule has 0 aliphatic rings. The molecule has 0 saturated heterocycles. The number of para-hydroxylation sites is 2. The normalized spacial score (nSPS) is 12.9. The van der Waals surface area contributed by atoms with Crippen molar-refractivity contribution in [2.45, 2.75) is 32.9 Å². The third kappa shape index (κ3) is 3.01. The van der Waals surface area contributed by atoms with Crippen molar-refractivity contribution < 1.29 is 0 Å². The Kier molecular flexibility index (Phi) is 4.36. The molecule has 110 valence electrons. The van der Waals surface area contributed by atoms with Gasteiger partial charge in [0, 0.05) is 24.0 Å². The molecule has 0 aliphatic carbocycles. The highest BCUT2D eigenvalue weighted by molar-refractivity contribution is 7.10. The van der Waals surface area contributed by atoms with Crippen LogP contribution in [-0.2, 0) is 6.54 Å². The number of thiophene rings is 1. The average Bonchev–Trinajstić information content (AvgIpc) is 3.12. The van der Waals surface area contributed by atoms with Crippen molar-refractivity contribution in [1.82, 2.24) is 14.9 Å². The first kappa shape index (κ1) is 14.3. The van der Waals surface area contributed by atoms with Crippen molar-refractivity contribution in [3.63, 3.8) is 0 Å². The van der Waals surface area contributed by atoms with Crippen molar-refractivity contribution in [3.05, 3.63) is 52.5 Å². The van der Waals surface area contributed by atoms with Crippen LogP contribution >= 0.6 is 11.3 Å². The fraction of sp³-hybridized carbons (Fsp3) is 0.353. The fourth-order valence-corrected chi connectivity index (χ4v) is 3.65. The van der Waals surface area contributed by atoms with Gasteiger partial charge >= 0.3 is 0 Å². The number of aryl methyl sites for hydroxylation is 1. The van der Waals surface area contributed by atoms with Crippen LogP contribution in [0, 0.1) is 6.92 Å². The topological polar surface area (TPSA) is 29.9 Å². The van der Waals surface area contributed by atoms with E-state index in [0.29, 0.717) is 6.04 Å². The second kappa shape index (κ2) is 6.41. The van der Waals surface area contributed by atoms with E-state index in [2.05, 4.69) is 64.4 Å². The maximum Gasteiger partial charge on any atom is 0.106 e. The Hall–Kier alpha value is -1.65. The Morgan fingerprint density at radius 2 is 2.10 bits per heavy atom. The van der Waals surface area contributed by atoms with Gasteiger partial charge in [0.15, 0.2) is 0 Å². The Bertz CT molecular complexity index is 700. The van der Waals surface area contributed by atoms with Gasteiger partial charge in [0.05, 0.1) is 11.0 Å². The summed E-state index contributed by atoms with van der Waals surface area (Å²) in [4.78, 5) is 6.04. The SMILES string of the molecule is CCC(NCCn1c(C)nc2ccccc21)c1cccs1. The van der Waals surface area contributed by atoms with E-state index in [1.165, 1.54) is 10.4 Å². The predicted molar refractivity (Wildman–Crippen MR) is 89.8 cm³/mol. The van der Waals surface area contributed by atoms with Crippen LogP contribution < -0.4 is 5.32 Å². The molecule has 3 rings (SSSR count). The molecule has 1 N–H and O–H groups in total. The maximum atomic E-state index is 4.62. The van der Waals surface area contributed by atoms with E-state index in [4.69, 9.17) is 0 Å². The summed E-state index contributed by atoms with van der Waals surface area (Å²) in [6.07, 6.45) is 1.12. The highest BCUT2D eigenvalue weighted by Crippen LogP contribution is 2.21. The van der Waals surface area contributed by atoms with E-state index < -0.39 is 0 Å². The van der Waals surface area contributed by atoms with Gasteiger partial charge in [0.1, 0.15) is 5.82 Å². The van der Waals surface area contributed by atoms with Crippen LogP contribution in [0.15, 0.2) is 41.8 Å². The Balaban J connectivity index is 1.68. The van der Waals surface area contributed by atoms with Crippen molar-refractivity contribution >= 4 is 22.4 Å². The van der Waals surface area contributed by atoms with Gasteiger partial charge in [0.2, 0.25) is 0 Å². The van der Waals surface area contributed by atoms with Crippen LogP contribution in [0.3, 0.4) is 0 Å². The van der Waals surface area contributed by atoms with Crippen LogP contribution in [0.5, 0.6) is 0 Å². The maximum absolute atomic E-state index is 4.62. The standard InChI is InChI=1S/C17H21N3S/c1-3-14(17-9-6-12-21-17)18-10-11-20-13(2)19-15-7-4-5-8-16(15)20/h4-9,12,14,18H,3,10-11H2,1-2H3. The number of rotatable bonds is 6. The average molecular weight is 299 g/mol. The summed E-state index contributed by atoms with van der Waals surface area (Å²) in [5, 5.41) is 5.81. The van der Waals surface area contributed by atoms with Crippen LogP contribution in [0.2, 0.25) is 0 Å². The predicted octanol–water partition coefficient (Wildman–Crippen LogP) is 4.15. The number of nitrogens with one attached hydrogen (secondary N) is 1. The quantitative estimate of drug-likeness (QED) is 0.741. The van der Waals surface area contributed by atoms with Crippen molar-refractivity contribution in [2.75, 3.05) is 6.54 Å². The highest BCUT2D eigenvalue weighted by Gasteiger charge is 2.10. The first-order valence-electron chi connectivity index (χ1n) is 7.48. The number of benzene rings is 1. The molecule has 3 nitrogen and oxygen atoms in total. The summed E-state index contributed by atoms with van der Waals surface area (Å²) in [6.45, 7) is 6.22. The fourth-order valence-electron chi connectivity index (χ4n) is 2.76. The van der Waals surface area contributed by atoms with Gasteiger partial charge in [-0.05, 0) is 36.9 Å². The first-order chi connectivity index (χ1) is 10.3. The van der Waals surface area contributed by atoms with Crippen molar-refractivity contribution in [2.24, 2.45) is 0 Å². The summed E-state index contributed by atoms with van der Waals surface area (Å²) in [5.41, 5.74) is 2.31. The van der Waals surface area contributed by atoms with E-state index in [-0.39, 0.29) is 0 Å². The molecule has 0 radical (unpaired) electrons. The molecular weight excluding hydrogens is 278 g/mol. The van der Waals surface area contributed by atoms with Gasteiger partial charge in [-0.3, -0.25) is 0 Å². The lowest BCUT2D eigenvalue weighted by Gasteiger charge is -2.16. The highest BCUT2D eigenvalue weighted by atomic mass is 32.1. The molecule has 0 fully saturated rings. The molecular formula is C17H21N3S. The number of hydrogen-bond acceptors (Lipinski definition) is 3. The lowest BCUT2D eigenvalue weighted by molar-refractivity contribution is 0.498. The van der Waals surface area contributed by atoms with Crippen molar-refractivity contribution in [1.29, 1.82) is 0 Å². The number of fused-ring (bicyclic) bond motifs is 1. The molecule has 2 heterocycles. The third-order valence-electron chi connectivity index (χ3n) is 3.87. The van der Waals surface area contributed by atoms with E-state index in [0.717, 1.165) is 30.9 Å². The minimum absolute atomic E-state index is 0.458. The van der Waals surface area contributed by atoms with E-state index in [9.17, 15) is 0 Å². The van der Waals surface area contributed by atoms with Gasteiger partial charge < -0.3 is 9.88 Å². The van der Waals surface area contributed by atoms with Gasteiger partial charge in [-0.2, -0.15) is 0 Å². The molecule has 1 unspecified atom stereocenters. The minimum atomic E-state index is 0.458. The second-order valence-electron chi connectivity index (χ2n) is 5.23. The zero-order valence-corrected chi connectivity index (χ0v) is 13.4. The first-order valence-corrected chi connectivity index (χ1v) is 8.36. The minimum Gasteiger partial charge on any atom is -0.327 e. The molecule has 1 atom stereocenters. The van der Waals surface area contributed by atoms with Crippen LogP contribution in [0.1, 0.15) is 30.1 Å². The molecule has 3 aromatic rings. The summed E-state index contributed by atoms with van der Waals surface area (Å²) in [7, 11) is 0. The van der Waals surface area contributed by atoms with E-state index >= 15 is 0 Å². The number of imidazole rings is 1. The summed E-state index contributed by atoms with van der Waals surface area (Å²) in [5.74, 6) is 1.09. The van der Waals surface area contributed by atoms with Gasteiger partial charge in [0.25, 0.3) is 0 Å². The summed E-state index contributed by atoms with van der Waals surface area (Å²) in [6, 6.07) is 13.1. The summed E-state index contributed by atoms with van der Waals surface area (Å²) >= 11 is 1.83. The van der Waals surface area contributed by atoms with Crippen LogP contribution in [0.25, 0.3) is 11.0 Å². The number of aromatic nitrogens is 2. The molecule has 2 aromatic heterocycles. The molecule has 0 bridgehead atoms. The molecule has 0 amide bonds. The molecule has 0 spiro atoms. The molecule has 0 aliphatic heterocycles. The third-order valence-corrected chi connectivity index (χ3v) is 4.85. The second-order valence-corrected chi connectivity index (χ2v) is 6.21. The van der Waals surface area contributed by atoms with Crippen LogP contribution in [0.4, 0.5) is 0 Å². The van der Waals surface area contributed by atoms with Crippen molar-refractivity contribution in [3.8, 4) is 0 Å². The molecule has 4 heteroatoms.